The fourth-order valence-corrected chi connectivity index (χ4v) is 4.80. The Bertz CT molecular complexity index is 1060. The number of methoxy groups -OCH3 is 1. The molecule has 1 aliphatic heterocycles. The van der Waals surface area contributed by atoms with E-state index >= 15 is 0 Å². The molecule has 0 spiro atoms. The van der Waals surface area contributed by atoms with Gasteiger partial charge in [-0.2, -0.15) is 0 Å². The van der Waals surface area contributed by atoms with Gasteiger partial charge < -0.3 is 4.74 Å². The Morgan fingerprint density at radius 1 is 1.05 bits per heavy atom. The first-order valence-corrected chi connectivity index (χ1v) is 16.7. The molecule has 0 radical (unpaired) electrons. The topological polar surface area (TPSA) is 54.8 Å². The van der Waals surface area contributed by atoms with Gasteiger partial charge in [0.05, 0.1) is 12.7 Å². The van der Waals surface area contributed by atoms with Crippen molar-refractivity contribution in [2.75, 3.05) is 27.2 Å². The molecule has 5 nitrogen and oxygen atoms in total. The number of aliphatic imine (C=N–C) groups is 1. The van der Waals surface area contributed by atoms with Crippen molar-refractivity contribution in [3.63, 3.8) is 0 Å². The molecule has 2 aromatic rings. The SMILES string of the molecule is CC.CC.CC.CN=C/C=C(\C)Br.COC(=O)c1ccc(C2CCN(C(C)/C(C)=C/c3c(Br)ccnc3C)CC2)cc1. The Morgan fingerprint density at radius 3 is 2.02 bits per heavy atom. The van der Waals surface area contributed by atoms with Crippen LogP contribution in [0, 0.1) is 6.92 Å². The van der Waals surface area contributed by atoms with E-state index in [1.807, 2.05) is 85.9 Å². The minimum absolute atomic E-state index is 0.280. The van der Waals surface area contributed by atoms with E-state index in [-0.39, 0.29) is 5.97 Å². The molecule has 2 heterocycles. The Hall–Kier alpha value is -2.09. The van der Waals surface area contributed by atoms with Crippen molar-refractivity contribution in [1.29, 1.82) is 0 Å². The number of rotatable bonds is 6. The molecule has 0 N–H and O–H groups in total. The van der Waals surface area contributed by atoms with Crippen molar-refractivity contribution in [3.05, 3.63) is 79.5 Å². The minimum Gasteiger partial charge on any atom is -0.465 e. The number of halogens is 2. The van der Waals surface area contributed by atoms with Gasteiger partial charge in [0.2, 0.25) is 0 Å². The van der Waals surface area contributed by atoms with E-state index in [0.717, 1.165) is 46.1 Å². The molecule has 1 saturated heterocycles. The number of benzene rings is 1. The number of hydrogen-bond donors (Lipinski definition) is 0. The number of pyridine rings is 1. The minimum atomic E-state index is -0.280. The number of carbonyl (C=O) groups is 1. The fourth-order valence-electron chi connectivity index (χ4n) is 4.16. The Labute approximate surface area is 274 Å². The lowest BCUT2D eigenvalue weighted by Crippen LogP contribution is -2.40. The van der Waals surface area contributed by atoms with Crippen LogP contribution in [0.2, 0.25) is 0 Å². The zero-order valence-electron chi connectivity index (χ0n) is 28.1. The number of aromatic nitrogens is 1. The summed E-state index contributed by atoms with van der Waals surface area (Å²) in [4.78, 5) is 22.3. The highest BCUT2D eigenvalue weighted by Crippen LogP contribution is 2.31. The summed E-state index contributed by atoms with van der Waals surface area (Å²) >= 11 is 6.89. The Morgan fingerprint density at radius 2 is 1.60 bits per heavy atom. The summed E-state index contributed by atoms with van der Waals surface area (Å²) in [7, 11) is 3.16. The van der Waals surface area contributed by atoms with Gasteiger partial charge in [-0.3, -0.25) is 14.9 Å². The summed E-state index contributed by atoms with van der Waals surface area (Å²) in [6.07, 6.45) is 9.98. The van der Waals surface area contributed by atoms with Crippen molar-refractivity contribution in [3.8, 4) is 0 Å². The highest BCUT2D eigenvalue weighted by atomic mass is 79.9. The van der Waals surface area contributed by atoms with Crippen LogP contribution in [0.4, 0.5) is 0 Å². The van der Waals surface area contributed by atoms with Gasteiger partial charge in [0.1, 0.15) is 0 Å². The van der Waals surface area contributed by atoms with Crippen LogP contribution in [-0.2, 0) is 4.74 Å². The van der Waals surface area contributed by atoms with E-state index in [4.69, 9.17) is 4.74 Å². The van der Waals surface area contributed by atoms with E-state index in [2.05, 4.69) is 78.8 Å². The van der Waals surface area contributed by atoms with Crippen molar-refractivity contribution < 1.29 is 9.53 Å². The molecule has 1 aromatic heterocycles. The van der Waals surface area contributed by atoms with Gasteiger partial charge in [0.25, 0.3) is 0 Å². The normalized spacial score (nSPS) is 14.5. The van der Waals surface area contributed by atoms with E-state index in [0.29, 0.717) is 17.5 Å². The van der Waals surface area contributed by atoms with Crippen LogP contribution in [0.15, 0.2) is 62.1 Å². The predicted octanol–water partition coefficient (Wildman–Crippen LogP) is 10.7. The van der Waals surface area contributed by atoms with Gasteiger partial charge in [-0.05, 0) is 93.9 Å². The molecule has 1 fully saturated rings. The van der Waals surface area contributed by atoms with Crippen molar-refractivity contribution in [2.45, 2.75) is 94.0 Å². The average molecular weight is 710 g/mol. The van der Waals surface area contributed by atoms with E-state index in [1.165, 1.54) is 18.2 Å². The monoisotopic (exact) mass is 707 g/mol. The summed E-state index contributed by atoms with van der Waals surface area (Å²) in [6.45, 7) is 22.6. The number of allylic oxidation sites excluding steroid dienone is 2. The van der Waals surface area contributed by atoms with Gasteiger partial charge in [-0.15, -0.1) is 0 Å². The number of carbonyl (C=O) groups excluding carboxylic acids is 1. The van der Waals surface area contributed by atoms with Gasteiger partial charge in [0.15, 0.2) is 0 Å². The fraction of sp³-hybridized carbons (Fsp3) is 0.514. The van der Waals surface area contributed by atoms with Crippen LogP contribution >= 0.6 is 31.9 Å². The molecule has 7 heteroatoms. The highest BCUT2D eigenvalue weighted by Gasteiger charge is 2.24. The first kappa shape index (κ1) is 42.0. The molecule has 1 aliphatic rings. The number of ether oxygens (including phenoxy) is 1. The average Bonchev–Trinajstić information content (AvgIpc) is 3.04. The molecule has 1 aromatic carbocycles. The molecule has 0 aliphatic carbocycles. The summed E-state index contributed by atoms with van der Waals surface area (Å²) in [5.41, 5.74) is 5.48. The molecule has 1 atom stereocenters. The molecule has 0 bridgehead atoms. The number of aryl methyl sites for hydroxylation is 1. The summed E-state index contributed by atoms with van der Waals surface area (Å²) in [6, 6.07) is 10.3. The molecule has 1 unspecified atom stereocenters. The third-order valence-electron chi connectivity index (χ3n) is 6.50. The van der Waals surface area contributed by atoms with Crippen LogP contribution < -0.4 is 0 Å². The second-order valence-electron chi connectivity index (χ2n) is 8.94. The third kappa shape index (κ3) is 15.4. The smallest absolute Gasteiger partial charge is 0.337 e. The largest absolute Gasteiger partial charge is 0.465 e. The second-order valence-corrected chi connectivity index (χ2v) is 11.0. The maximum Gasteiger partial charge on any atom is 0.337 e. The van der Waals surface area contributed by atoms with Gasteiger partial charge in [0, 0.05) is 41.2 Å². The Kier molecular flexibility index (Phi) is 25.4. The first-order chi connectivity index (χ1) is 20.2. The van der Waals surface area contributed by atoms with Gasteiger partial charge >= 0.3 is 5.97 Å². The molecular formula is C35H55Br2N3O2. The summed E-state index contributed by atoms with van der Waals surface area (Å²) in [5, 5.41) is 0. The van der Waals surface area contributed by atoms with E-state index in [1.54, 1.807) is 13.3 Å². The summed E-state index contributed by atoms with van der Waals surface area (Å²) in [5.74, 6) is 0.266. The second kappa shape index (κ2) is 25.4. The molecule has 0 saturated carbocycles. The summed E-state index contributed by atoms with van der Waals surface area (Å²) < 4.78 is 6.97. The lowest BCUT2D eigenvalue weighted by atomic mass is 9.88. The van der Waals surface area contributed by atoms with Gasteiger partial charge in [-0.25, -0.2) is 4.79 Å². The first-order valence-electron chi connectivity index (χ1n) is 15.1. The number of esters is 1. The lowest BCUT2D eigenvalue weighted by Gasteiger charge is -2.37. The molecule has 42 heavy (non-hydrogen) atoms. The zero-order chi connectivity index (χ0) is 32.7. The molecule has 3 rings (SSSR count). The molecular weight excluding hydrogens is 654 g/mol. The van der Waals surface area contributed by atoms with Crippen LogP contribution in [-0.4, -0.2) is 55.4 Å². The quantitative estimate of drug-likeness (QED) is 0.221. The highest BCUT2D eigenvalue weighted by molar-refractivity contribution is 9.11. The standard InChI is InChI=1S/C24H29BrN2O2.C5H8BrN.3C2H6/c1-16(15-22-17(2)26-12-9-23(22)25)18(3)27-13-10-20(11-14-27)19-5-7-21(8-6-19)24(28)29-4;1-5(6)3-4-7-2;3*1-2/h5-9,12,15,18,20H,10-11,13-14H2,1-4H3;3-4H,1-2H3;3*1-2H3/b16-15+;5-3+,7-4?;;;. The number of likely N-dealkylation sites (tertiary alicyclic amines) is 1. The number of nitrogens with zero attached hydrogens (tertiary/aromatic N) is 3. The number of piperidine rings is 1. The van der Waals surface area contributed by atoms with E-state index in [9.17, 15) is 4.79 Å². The van der Waals surface area contributed by atoms with Crippen LogP contribution in [0.3, 0.4) is 0 Å². The molecule has 0 amide bonds. The maximum absolute atomic E-state index is 11.6. The van der Waals surface area contributed by atoms with E-state index < -0.39 is 0 Å². The van der Waals surface area contributed by atoms with Crippen molar-refractivity contribution in [2.24, 2.45) is 4.99 Å². The van der Waals surface area contributed by atoms with Gasteiger partial charge in [-0.1, -0.05) is 97.2 Å². The maximum atomic E-state index is 11.6. The molecule has 236 valence electrons. The lowest BCUT2D eigenvalue weighted by molar-refractivity contribution is 0.0600. The zero-order valence-corrected chi connectivity index (χ0v) is 31.3. The number of hydrogen-bond acceptors (Lipinski definition) is 5. The predicted molar refractivity (Wildman–Crippen MR) is 192 cm³/mol. The third-order valence-corrected chi connectivity index (χ3v) is 7.46. The Balaban J connectivity index is 0. The van der Waals surface area contributed by atoms with Crippen LogP contribution in [0.25, 0.3) is 6.08 Å². The van der Waals surface area contributed by atoms with Crippen LogP contribution in [0.5, 0.6) is 0 Å². The van der Waals surface area contributed by atoms with Crippen LogP contribution in [0.1, 0.15) is 108 Å². The van der Waals surface area contributed by atoms with Crippen molar-refractivity contribution in [1.82, 2.24) is 9.88 Å². The van der Waals surface area contributed by atoms with Crippen molar-refractivity contribution >= 4 is 50.1 Å².